The predicted octanol–water partition coefficient (Wildman–Crippen LogP) is 4.06. The standard InChI is InChI=1S/C18H36N2/c1-4-13-19-17-10-7-9-16(17)12-14-20(3)18-11-6-5-8-15(18)2/h15-19H,4-14H2,1-3H3. The van der Waals surface area contributed by atoms with Crippen molar-refractivity contribution in [2.24, 2.45) is 11.8 Å². The summed E-state index contributed by atoms with van der Waals surface area (Å²) in [5.74, 6) is 1.84. The Morgan fingerprint density at radius 3 is 2.60 bits per heavy atom. The van der Waals surface area contributed by atoms with E-state index >= 15 is 0 Å². The number of hydrogen-bond donors (Lipinski definition) is 1. The number of hydrogen-bond acceptors (Lipinski definition) is 2. The van der Waals surface area contributed by atoms with Crippen LogP contribution < -0.4 is 5.32 Å². The van der Waals surface area contributed by atoms with Crippen LogP contribution in [0.5, 0.6) is 0 Å². The highest BCUT2D eigenvalue weighted by molar-refractivity contribution is 4.85. The van der Waals surface area contributed by atoms with Gasteiger partial charge in [0.15, 0.2) is 0 Å². The fourth-order valence-electron chi connectivity index (χ4n) is 4.47. The van der Waals surface area contributed by atoms with Crippen molar-refractivity contribution in [2.75, 3.05) is 20.1 Å². The molecule has 2 fully saturated rings. The third-order valence-electron chi connectivity index (χ3n) is 5.80. The molecule has 0 aromatic rings. The fraction of sp³-hybridized carbons (Fsp3) is 1.00. The van der Waals surface area contributed by atoms with Gasteiger partial charge in [-0.25, -0.2) is 0 Å². The molecule has 2 saturated carbocycles. The molecule has 0 aromatic carbocycles. The molecule has 2 nitrogen and oxygen atoms in total. The zero-order valence-electron chi connectivity index (χ0n) is 14.0. The molecule has 2 aliphatic carbocycles. The SMILES string of the molecule is CCCNC1CCCC1CCN(C)C1CCCCC1C. The van der Waals surface area contributed by atoms with Crippen molar-refractivity contribution in [3.05, 3.63) is 0 Å². The van der Waals surface area contributed by atoms with Crippen LogP contribution in [0.1, 0.15) is 71.6 Å². The van der Waals surface area contributed by atoms with Gasteiger partial charge < -0.3 is 10.2 Å². The van der Waals surface area contributed by atoms with Crippen molar-refractivity contribution < 1.29 is 0 Å². The van der Waals surface area contributed by atoms with Crippen molar-refractivity contribution in [2.45, 2.75) is 83.7 Å². The van der Waals surface area contributed by atoms with Crippen LogP contribution in [0.15, 0.2) is 0 Å². The Bertz CT molecular complexity index is 266. The normalized spacial score (nSPS) is 34.8. The Kier molecular flexibility index (Phi) is 6.83. The second-order valence-electron chi connectivity index (χ2n) is 7.35. The summed E-state index contributed by atoms with van der Waals surface area (Å²) in [7, 11) is 2.37. The minimum Gasteiger partial charge on any atom is -0.314 e. The maximum atomic E-state index is 3.77. The van der Waals surface area contributed by atoms with Gasteiger partial charge >= 0.3 is 0 Å². The van der Waals surface area contributed by atoms with Gasteiger partial charge in [-0.2, -0.15) is 0 Å². The Labute approximate surface area is 126 Å². The van der Waals surface area contributed by atoms with Crippen molar-refractivity contribution in [3.63, 3.8) is 0 Å². The maximum absolute atomic E-state index is 3.77. The first-order valence-electron chi connectivity index (χ1n) is 9.16. The molecule has 1 N–H and O–H groups in total. The third kappa shape index (κ3) is 4.46. The topological polar surface area (TPSA) is 15.3 Å². The first-order valence-corrected chi connectivity index (χ1v) is 9.16. The van der Waals surface area contributed by atoms with E-state index in [4.69, 9.17) is 0 Å². The van der Waals surface area contributed by atoms with Crippen LogP contribution in [0.4, 0.5) is 0 Å². The molecule has 0 aliphatic heterocycles. The van der Waals surface area contributed by atoms with Gasteiger partial charge in [0.1, 0.15) is 0 Å². The van der Waals surface area contributed by atoms with Gasteiger partial charge in [-0.05, 0) is 70.5 Å². The van der Waals surface area contributed by atoms with Crippen LogP contribution in [-0.4, -0.2) is 37.1 Å². The van der Waals surface area contributed by atoms with Crippen LogP contribution in [0.2, 0.25) is 0 Å². The molecule has 0 heterocycles. The summed E-state index contributed by atoms with van der Waals surface area (Å²) in [6.07, 6.45) is 12.8. The monoisotopic (exact) mass is 280 g/mol. The van der Waals surface area contributed by atoms with E-state index < -0.39 is 0 Å². The van der Waals surface area contributed by atoms with E-state index in [9.17, 15) is 0 Å². The molecule has 4 unspecified atom stereocenters. The van der Waals surface area contributed by atoms with E-state index in [2.05, 4.69) is 31.1 Å². The van der Waals surface area contributed by atoms with Crippen LogP contribution >= 0.6 is 0 Å². The highest BCUT2D eigenvalue weighted by Gasteiger charge is 2.29. The lowest BCUT2D eigenvalue weighted by Crippen LogP contribution is -2.41. The second-order valence-corrected chi connectivity index (χ2v) is 7.35. The largest absolute Gasteiger partial charge is 0.314 e. The highest BCUT2D eigenvalue weighted by Crippen LogP contribution is 2.31. The van der Waals surface area contributed by atoms with Gasteiger partial charge in [-0.3, -0.25) is 0 Å². The molecule has 118 valence electrons. The Hall–Kier alpha value is -0.0800. The molecule has 0 aromatic heterocycles. The van der Waals surface area contributed by atoms with E-state index in [-0.39, 0.29) is 0 Å². The smallest absolute Gasteiger partial charge is 0.0118 e. The minimum atomic E-state index is 0.812. The molecule has 4 atom stereocenters. The Morgan fingerprint density at radius 2 is 1.85 bits per heavy atom. The van der Waals surface area contributed by atoms with Gasteiger partial charge in [-0.1, -0.05) is 33.1 Å². The summed E-state index contributed by atoms with van der Waals surface area (Å²) >= 11 is 0. The van der Waals surface area contributed by atoms with Crippen molar-refractivity contribution in [1.82, 2.24) is 10.2 Å². The summed E-state index contributed by atoms with van der Waals surface area (Å²) in [4.78, 5) is 2.68. The van der Waals surface area contributed by atoms with E-state index in [1.54, 1.807) is 0 Å². The average Bonchev–Trinajstić information content (AvgIpc) is 2.90. The first kappa shape index (κ1) is 16.3. The molecule has 20 heavy (non-hydrogen) atoms. The van der Waals surface area contributed by atoms with Crippen LogP contribution in [0.3, 0.4) is 0 Å². The van der Waals surface area contributed by atoms with Crippen molar-refractivity contribution in [3.8, 4) is 0 Å². The van der Waals surface area contributed by atoms with Gasteiger partial charge in [0.05, 0.1) is 0 Å². The van der Waals surface area contributed by atoms with E-state index in [1.165, 1.54) is 70.9 Å². The number of nitrogens with zero attached hydrogens (tertiary/aromatic N) is 1. The molecular weight excluding hydrogens is 244 g/mol. The molecule has 0 amide bonds. The van der Waals surface area contributed by atoms with Gasteiger partial charge in [0.25, 0.3) is 0 Å². The fourth-order valence-corrected chi connectivity index (χ4v) is 4.47. The summed E-state index contributed by atoms with van der Waals surface area (Å²) in [5, 5.41) is 3.77. The Morgan fingerprint density at radius 1 is 1.05 bits per heavy atom. The maximum Gasteiger partial charge on any atom is 0.0118 e. The lowest BCUT2D eigenvalue weighted by Gasteiger charge is -2.37. The molecular formula is C18H36N2. The third-order valence-corrected chi connectivity index (χ3v) is 5.80. The van der Waals surface area contributed by atoms with E-state index in [0.29, 0.717) is 0 Å². The summed E-state index contributed by atoms with van der Waals surface area (Å²) in [6.45, 7) is 7.25. The van der Waals surface area contributed by atoms with Crippen molar-refractivity contribution in [1.29, 1.82) is 0 Å². The first-order chi connectivity index (χ1) is 9.72. The number of nitrogens with one attached hydrogen (secondary N) is 1. The summed E-state index contributed by atoms with van der Waals surface area (Å²) < 4.78 is 0. The number of rotatable bonds is 7. The Balaban J connectivity index is 1.73. The molecule has 2 heteroatoms. The quantitative estimate of drug-likeness (QED) is 0.756. The molecule has 2 aliphatic rings. The van der Waals surface area contributed by atoms with Crippen LogP contribution in [0.25, 0.3) is 0 Å². The lowest BCUT2D eigenvalue weighted by molar-refractivity contribution is 0.130. The van der Waals surface area contributed by atoms with Gasteiger partial charge in [-0.15, -0.1) is 0 Å². The van der Waals surface area contributed by atoms with Crippen molar-refractivity contribution >= 4 is 0 Å². The van der Waals surface area contributed by atoms with E-state index in [1.807, 2.05) is 0 Å². The predicted molar refractivity (Wildman–Crippen MR) is 88.1 cm³/mol. The van der Waals surface area contributed by atoms with Crippen LogP contribution in [-0.2, 0) is 0 Å². The molecule has 0 bridgehead atoms. The second kappa shape index (κ2) is 8.38. The average molecular weight is 280 g/mol. The van der Waals surface area contributed by atoms with Gasteiger partial charge in [0, 0.05) is 12.1 Å². The molecule has 0 radical (unpaired) electrons. The minimum absolute atomic E-state index is 0.812. The summed E-state index contributed by atoms with van der Waals surface area (Å²) in [5.41, 5.74) is 0. The zero-order valence-corrected chi connectivity index (χ0v) is 14.0. The molecule has 0 saturated heterocycles. The van der Waals surface area contributed by atoms with Gasteiger partial charge in [0.2, 0.25) is 0 Å². The molecule has 2 rings (SSSR count). The zero-order chi connectivity index (χ0) is 14.4. The summed E-state index contributed by atoms with van der Waals surface area (Å²) in [6, 6.07) is 1.67. The highest BCUT2D eigenvalue weighted by atomic mass is 15.1. The van der Waals surface area contributed by atoms with Crippen LogP contribution in [0, 0.1) is 11.8 Å². The molecule has 0 spiro atoms. The lowest BCUT2D eigenvalue weighted by atomic mass is 9.85. The van der Waals surface area contributed by atoms with E-state index in [0.717, 1.165) is 23.9 Å².